The zero-order chi connectivity index (χ0) is 17.0. The Kier molecular flexibility index (Phi) is 5.42. The number of carbonyl (C=O) groups is 1. The molecule has 2 aromatic rings. The van der Waals surface area contributed by atoms with E-state index in [1.165, 1.54) is 4.57 Å². The van der Waals surface area contributed by atoms with Crippen molar-refractivity contribution in [2.24, 2.45) is 5.92 Å². The van der Waals surface area contributed by atoms with Crippen LogP contribution in [0.5, 0.6) is 5.75 Å². The van der Waals surface area contributed by atoms with E-state index in [1.807, 2.05) is 39.8 Å². The lowest BCUT2D eigenvalue weighted by Gasteiger charge is -2.12. The minimum atomic E-state index is -0.168. The molecule has 0 fully saturated rings. The van der Waals surface area contributed by atoms with Gasteiger partial charge in [0.2, 0.25) is 5.91 Å². The number of nitrogens with zero attached hydrogens (tertiary/aromatic N) is 1. The molecule has 0 aliphatic rings. The van der Waals surface area contributed by atoms with E-state index in [-0.39, 0.29) is 24.1 Å². The van der Waals surface area contributed by atoms with Gasteiger partial charge >= 0.3 is 0 Å². The Balaban J connectivity index is 2.22. The van der Waals surface area contributed by atoms with Crippen LogP contribution >= 0.6 is 0 Å². The summed E-state index contributed by atoms with van der Waals surface area (Å²) in [6, 6.07) is 7.21. The molecule has 0 aliphatic carbocycles. The van der Waals surface area contributed by atoms with Crippen molar-refractivity contribution in [3.8, 4) is 5.75 Å². The van der Waals surface area contributed by atoms with E-state index < -0.39 is 0 Å². The molecule has 0 radical (unpaired) electrons. The SMILES string of the molecule is CC(C)CNC(=O)Cn1ccc2cc(OC(C)C)ccc2c1=O. The van der Waals surface area contributed by atoms with Gasteiger partial charge < -0.3 is 14.6 Å². The first kappa shape index (κ1) is 17.1. The van der Waals surface area contributed by atoms with Crippen LogP contribution in [0, 0.1) is 5.92 Å². The standard InChI is InChI=1S/C18H24N2O3/c1-12(2)10-19-17(21)11-20-8-7-14-9-15(23-13(3)4)5-6-16(14)18(20)22/h5-9,12-13H,10-11H2,1-4H3,(H,19,21). The number of ether oxygens (including phenoxy) is 1. The highest BCUT2D eigenvalue weighted by Gasteiger charge is 2.09. The fourth-order valence-corrected chi connectivity index (χ4v) is 2.26. The molecule has 124 valence electrons. The number of nitrogens with one attached hydrogen (secondary N) is 1. The maximum absolute atomic E-state index is 12.5. The van der Waals surface area contributed by atoms with Crippen molar-refractivity contribution in [2.45, 2.75) is 40.3 Å². The van der Waals surface area contributed by atoms with Crippen LogP contribution in [0.4, 0.5) is 0 Å². The van der Waals surface area contributed by atoms with Crippen molar-refractivity contribution in [3.05, 3.63) is 40.8 Å². The molecular formula is C18H24N2O3. The molecule has 1 aromatic heterocycles. The number of benzene rings is 1. The van der Waals surface area contributed by atoms with Gasteiger partial charge in [-0.25, -0.2) is 0 Å². The average molecular weight is 316 g/mol. The lowest BCUT2D eigenvalue weighted by molar-refractivity contribution is -0.121. The molecule has 5 nitrogen and oxygen atoms in total. The second-order valence-corrected chi connectivity index (χ2v) is 6.36. The fourth-order valence-electron chi connectivity index (χ4n) is 2.26. The van der Waals surface area contributed by atoms with E-state index in [9.17, 15) is 9.59 Å². The summed E-state index contributed by atoms with van der Waals surface area (Å²) in [5.74, 6) is 0.964. The summed E-state index contributed by atoms with van der Waals surface area (Å²) in [6.07, 6.45) is 1.73. The fraction of sp³-hybridized carbons (Fsp3) is 0.444. The molecule has 5 heteroatoms. The minimum absolute atomic E-state index is 0.0335. The summed E-state index contributed by atoms with van der Waals surface area (Å²) in [5, 5.41) is 4.21. The van der Waals surface area contributed by atoms with Crippen LogP contribution in [0.2, 0.25) is 0 Å². The smallest absolute Gasteiger partial charge is 0.258 e. The molecule has 1 heterocycles. The van der Waals surface area contributed by atoms with E-state index in [1.54, 1.807) is 18.3 Å². The summed E-state index contributed by atoms with van der Waals surface area (Å²) in [5.41, 5.74) is -0.168. The van der Waals surface area contributed by atoms with Crippen molar-refractivity contribution in [2.75, 3.05) is 6.54 Å². The van der Waals surface area contributed by atoms with Crippen LogP contribution in [0.15, 0.2) is 35.3 Å². The lowest BCUT2D eigenvalue weighted by atomic mass is 10.1. The summed E-state index contributed by atoms with van der Waals surface area (Å²) in [6.45, 7) is 8.61. The highest BCUT2D eigenvalue weighted by Crippen LogP contribution is 2.19. The molecule has 0 atom stereocenters. The summed E-state index contributed by atoms with van der Waals surface area (Å²) >= 11 is 0. The second kappa shape index (κ2) is 7.31. The number of hydrogen-bond donors (Lipinski definition) is 1. The first-order valence-corrected chi connectivity index (χ1v) is 7.93. The molecule has 0 saturated carbocycles. The van der Waals surface area contributed by atoms with Crippen LogP contribution in [0.25, 0.3) is 10.8 Å². The van der Waals surface area contributed by atoms with Crippen LogP contribution in [-0.2, 0) is 11.3 Å². The van der Waals surface area contributed by atoms with Gasteiger partial charge in [-0.2, -0.15) is 0 Å². The third kappa shape index (κ3) is 4.58. The Labute approximate surface area is 136 Å². The quantitative estimate of drug-likeness (QED) is 0.891. The maximum atomic E-state index is 12.5. The summed E-state index contributed by atoms with van der Waals surface area (Å²) in [7, 11) is 0. The van der Waals surface area contributed by atoms with E-state index in [4.69, 9.17) is 4.74 Å². The normalized spacial score (nSPS) is 11.2. The predicted molar refractivity (Wildman–Crippen MR) is 91.8 cm³/mol. The van der Waals surface area contributed by atoms with Gasteiger partial charge in [0, 0.05) is 18.1 Å². The van der Waals surface area contributed by atoms with Gasteiger partial charge in [0.25, 0.3) is 5.56 Å². The Hall–Kier alpha value is -2.30. The first-order chi connectivity index (χ1) is 10.9. The largest absolute Gasteiger partial charge is 0.491 e. The second-order valence-electron chi connectivity index (χ2n) is 6.36. The highest BCUT2D eigenvalue weighted by molar-refractivity contribution is 5.83. The molecule has 1 N–H and O–H groups in total. The van der Waals surface area contributed by atoms with Crippen LogP contribution in [-0.4, -0.2) is 23.1 Å². The molecule has 0 aliphatic heterocycles. The van der Waals surface area contributed by atoms with E-state index in [0.717, 1.165) is 11.1 Å². The van der Waals surface area contributed by atoms with Crippen LogP contribution in [0.1, 0.15) is 27.7 Å². The van der Waals surface area contributed by atoms with Crippen molar-refractivity contribution < 1.29 is 9.53 Å². The zero-order valence-electron chi connectivity index (χ0n) is 14.1. The molecule has 0 spiro atoms. The maximum Gasteiger partial charge on any atom is 0.258 e. The van der Waals surface area contributed by atoms with E-state index in [0.29, 0.717) is 17.8 Å². The highest BCUT2D eigenvalue weighted by atomic mass is 16.5. The van der Waals surface area contributed by atoms with Crippen LogP contribution in [0.3, 0.4) is 0 Å². The topological polar surface area (TPSA) is 60.3 Å². The summed E-state index contributed by atoms with van der Waals surface area (Å²) in [4.78, 5) is 24.4. The lowest BCUT2D eigenvalue weighted by Crippen LogP contribution is -2.34. The number of rotatable bonds is 6. The molecule has 0 bridgehead atoms. The third-order valence-corrected chi connectivity index (χ3v) is 3.34. The van der Waals surface area contributed by atoms with Gasteiger partial charge in [-0.05, 0) is 49.4 Å². The number of carbonyl (C=O) groups excluding carboxylic acids is 1. The van der Waals surface area contributed by atoms with Gasteiger partial charge in [-0.15, -0.1) is 0 Å². The molecule has 1 aromatic carbocycles. The number of hydrogen-bond acceptors (Lipinski definition) is 3. The van der Waals surface area contributed by atoms with Gasteiger partial charge in [-0.3, -0.25) is 9.59 Å². The predicted octanol–water partition coefficient (Wildman–Crippen LogP) is 2.56. The van der Waals surface area contributed by atoms with E-state index in [2.05, 4.69) is 5.32 Å². The van der Waals surface area contributed by atoms with Gasteiger partial charge in [-0.1, -0.05) is 13.8 Å². The Bertz CT molecular complexity index is 748. The van der Waals surface area contributed by atoms with Crippen molar-refractivity contribution in [3.63, 3.8) is 0 Å². The average Bonchev–Trinajstić information content (AvgIpc) is 2.47. The number of aromatic nitrogens is 1. The number of amides is 1. The molecule has 0 saturated heterocycles. The Morgan fingerprint density at radius 2 is 1.96 bits per heavy atom. The molecule has 0 unspecified atom stereocenters. The van der Waals surface area contributed by atoms with Crippen LogP contribution < -0.4 is 15.6 Å². The molecule has 23 heavy (non-hydrogen) atoms. The summed E-state index contributed by atoms with van der Waals surface area (Å²) < 4.78 is 7.07. The molecular weight excluding hydrogens is 292 g/mol. The molecule has 1 amide bonds. The van der Waals surface area contributed by atoms with Gasteiger partial charge in [0.1, 0.15) is 12.3 Å². The zero-order valence-corrected chi connectivity index (χ0v) is 14.1. The Morgan fingerprint density at radius 3 is 2.61 bits per heavy atom. The van der Waals surface area contributed by atoms with Crippen molar-refractivity contribution >= 4 is 16.7 Å². The monoisotopic (exact) mass is 316 g/mol. The molecule has 2 rings (SSSR count). The van der Waals surface area contributed by atoms with Crippen molar-refractivity contribution in [1.29, 1.82) is 0 Å². The van der Waals surface area contributed by atoms with Gasteiger partial charge in [0.15, 0.2) is 0 Å². The number of pyridine rings is 1. The minimum Gasteiger partial charge on any atom is -0.491 e. The van der Waals surface area contributed by atoms with Crippen molar-refractivity contribution in [1.82, 2.24) is 9.88 Å². The first-order valence-electron chi connectivity index (χ1n) is 7.93. The Morgan fingerprint density at radius 1 is 1.22 bits per heavy atom. The van der Waals surface area contributed by atoms with E-state index >= 15 is 0 Å². The van der Waals surface area contributed by atoms with Gasteiger partial charge in [0.05, 0.1) is 6.10 Å². The number of fused-ring (bicyclic) bond motifs is 1. The third-order valence-electron chi connectivity index (χ3n) is 3.34.